The van der Waals surface area contributed by atoms with Crippen LogP contribution in [-0.2, 0) is 11.3 Å². The van der Waals surface area contributed by atoms with Gasteiger partial charge in [-0.05, 0) is 31.3 Å². The Labute approximate surface area is 155 Å². The van der Waals surface area contributed by atoms with Crippen LogP contribution in [0, 0.1) is 11.7 Å². The second-order valence-corrected chi connectivity index (χ2v) is 6.06. The van der Waals surface area contributed by atoms with Crippen molar-refractivity contribution in [3.8, 4) is 11.4 Å². The van der Waals surface area contributed by atoms with Crippen LogP contribution in [0.3, 0.4) is 0 Å². The van der Waals surface area contributed by atoms with Crippen molar-refractivity contribution < 1.29 is 9.59 Å². The molecule has 26 heavy (non-hydrogen) atoms. The maximum Gasteiger partial charge on any atom is 0.269 e. The van der Waals surface area contributed by atoms with E-state index in [1.165, 1.54) is 0 Å². The fourth-order valence-electron chi connectivity index (χ4n) is 2.36. The molecule has 0 atom stereocenters. The average Bonchev–Trinajstić information content (AvgIpc) is 3.01. The topological polar surface area (TPSA) is 91.8 Å². The SMILES string of the molecule is Cc1ccc(-c2n[nH]c(=S)n2CC(=O)NNC(=O)c2ccccc2)cc1. The highest BCUT2D eigenvalue weighted by molar-refractivity contribution is 7.71. The van der Waals surface area contributed by atoms with E-state index in [-0.39, 0.29) is 6.54 Å². The molecule has 1 aromatic heterocycles. The van der Waals surface area contributed by atoms with Crippen LogP contribution in [-0.4, -0.2) is 26.6 Å². The third-order valence-corrected chi connectivity index (χ3v) is 4.03. The summed E-state index contributed by atoms with van der Waals surface area (Å²) in [5.74, 6) is -0.256. The van der Waals surface area contributed by atoms with Crippen molar-refractivity contribution in [1.82, 2.24) is 25.6 Å². The molecule has 0 aliphatic heterocycles. The molecule has 3 rings (SSSR count). The van der Waals surface area contributed by atoms with Crippen molar-refractivity contribution >= 4 is 24.0 Å². The number of aryl methyl sites for hydroxylation is 1. The molecule has 0 saturated carbocycles. The first-order valence-corrected chi connectivity index (χ1v) is 8.32. The van der Waals surface area contributed by atoms with Crippen LogP contribution in [0.5, 0.6) is 0 Å². The molecule has 0 aliphatic rings. The number of carbonyl (C=O) groups is 2. The highest BCUT2D eigenvalue weighted by Gasteiger charge is 2.13. The maximum atomic E-state index is 12.2. The van der Waals surface area contributed by atoms with Gasteiger partial charge in [0.05, 0.1) is 0 Å². The van der Waals surface area contributed by atoms with Gasteiger partial charge in [0.15, 0.2) is 10.6 Å². The van der Waals surface area contributed by atoms with E-state index in [9.17, 15) is 9.59 Å². The van der Waals surface area contributed by atoms with Crippen LogP contribution in [0.15, 0.2) is 54.6 Å². The molecule has 0 spiro atoms. The quantitative estimate of drug-likeness (QED) is 0.488. The number of hydrogen-bond donors (Lipinski definition) is 3. The van der Waals surface area contributed by atoms with Gasteiger partial charge in [-0.3, -0.25) is 30.1 Å². The Balaban J connectivity index is 1.68. The molecule has 0 saturated heterocycles. The first-order valence-electron chi connectivity index (χ1n) is 7.91. The lowest BCUT2D eigenvalue weighted by Gasteiger charge is -2.09. The monoisotopic (exact) mass is 367 g/mol. The summed E-state index contributed by atoms with van der Waals surface area (Å²) < 4.78 is 1.90. The lowest BCUT2D eigenvalue weighted by molar-refractivity contribution is -0.122. The Morgan fingerprint density at radius 3 is 2.46 bits per heavy atom. The minimum atomic E-state index is -0.417. The third kappa shape index (κ3) is 4.04. The van der Waals surface area contributed by atoms with Crippen LogP contribution in [0.4, 0.5) is 0 Å². The van der Waals surface area contributed by atoms with Crippen LogP contribution in [0.25, 0.3) is 11.4 Å². The standard InChI is InChI=1S/C18H17N5O2S/c1-12-7-9-13(10-8-12)16-20-22-18(26)23(16)11-15(24)19-21-17(25)14-5-3-2-4-6-14/h2-10H,11H2,1H3,(H,19,24)(H,21,25)(H,22,26). The van der Waals surface area contributed by atoms with E-state index in [1.807, 2.05) is 37.3 Å². The van der Waals surface area contributed by atoms with E-state index in [0.29, 0.717) is 16.2 Å². The lowest BCUT2D eigenvalue weighted by Crippen LogP contribution is -2.43. The zero-order chi connectivity index (χ0) is 18.5. The molecular weight excluding hydrogens is 350 g/mol. The number of nitrogens with one attached hydrogen (secondary N) is 3. The summed E-state index contributed by atoms with van der Waals surface area (Å²) in [6, 6.07) is 16.3. The summed E-state index contributed by atoms with van der Waals surface area (Å²) in [5, 5.41) is 6.88. The van der Waals surface area contributed by atoms with E-state index < -0.39 is 11.8 Å². The number of benzene rings is 2. The molecule has 0 aliphatic carbocycles. The first kappa shape index (κ1) is 17.6. The number of hydrogen-bond acceptors (Lipinski definition) is 4. The van der Waals surface area contributed by atoms with Gasteiger partial charge in [-0.1, -0.05) is 48.0 Å². The number of carbonyl (C=O) groups excluding carboxylic acids is 2. The summed E-state index contributed by atoms with van der Waals surface area (Å²) >= 11 is 5.21. The number of hydrazine groups is 1. The highest BCUT2D eigenvalue weighted by Crippen LogP contribution is 2.17. The van der Waals surface area contributed by atoms with E-state index in [1.54, 1.807) is 28.8 Å². The molecule has 0 fully saturated rings. The van der Waals surface area contributed by atoms with E-state index in [4.69, 9.17) is 12.2 Å². The molecular formula is C18H17N5O2S. The predicted octanol–water partition coefficient (Wildman–Crippen LogP) is 2.38. The van der Waals surface area contributed by atoms with Crippen LogP contribution in [0.2, 0.25) is 0 Å². The minimum Gasteiger partial charge on any atom is -0.291 e. The number of amides is 2. The van der Waals surface area contributed by atoms with Crippen LogP contribution in [0.1, 0.15) is 15.9 Å². The Bertz CT molecular complexity index is 977. The second-order valence-electron chi connectivity index (χ2n) is 5.67. The van der Waals surface area contributed by atoms with Crippen LogP contribution < -0.4 is 10.9 Å². The zero-order valence-corrected chi connectivity index (χ0v) is 14.8. The minimum absolute atomic E-state index is 0.0758. The highest BCUT2D eigenvalue weighted by atomic mass is 32.1. The molecule has 0 bridgehead atoms. The van der Waals surface area contributed by atoms with Gasteiger partial charge >= 0.3 is 0 Å². The van der Waals surface area contributed by atoms with Crippen molar-refractivity contribution in [3.63, 3.8) is 0 Å². The van der Waals surface area contributed by atoms with Gasteiger partial charge < -0.3 is 0 Å². The number of nitrogens with zero attached hydrogens (tertiary/aromatic N) is 2. The second kappa shape index (κ2) is 7.75. The maximum absolute atomic E-state index is 12.2. The Morgan fingerprint density at radius 2 is 1.77 bits per heavy atom. The van der Waals surface area contributed by atoms with Gasteiger partial charge in [0.2, 0.25) is 0 Å². The molecule has 3 N–H and O–H groups in total. The fraction of sp³-hybridized carbons (Fsp3) is 0.111. The van der Waals surface area contributed by atoms with E-state index in [2.05, 4.69) is 21.0 Å². The number of rotatable bonds is 4. The van der Waals surface area contributed by atoms with Gasteiger partial charge in [0.1, 0.15) is 6.54 Å². The zero-order valence-electron chi connectivity index (χ0n) is 14.0. The van der Waals surface area contributed by atoms with Crippen molar-refractivity contribution in [2.45, 2.75) is 13.5 Å². The van der Waals surface area contributed by atoms with Crippen molar-refractivity contribution in [2.75, 3.05) is 0 Å². The molecule has 2 aromatic carbocycles. The normalized spacial score (nSPS) is 10.3. The van der Waals surface area contributed by atoms with E-state index in [0.717, 1.165) is 11.1 Å². The Kier molecular flexibility index (Phi) is 5.23. The largest absolute Gasteiger partial charge is 0.291 e. The molecule has 8 heteroatoms. The van der Waals surface area contributed by atoms with Crippen LogP contribution >= 0.6 is 12.2 Å². The summed E-state index contributed by atoms with van der Waals surface area (Å²) in [7, 11) is 0. The third-order valence-electron chi connectivity index (χ3n) is 3.72. The van der Waals surface area contributed by atoms with Crippen molar-refractivity contribution in [3.05, 3.63) is 70.5 Å². The van der Waals surface area contributed by atoms with E-state index >= 15 is 0 Å². The summed E-state index contributed by atoms with van der Waals surface area (Å²) in [5.41, 5.74) is 7.18. The van der Waals surface area contributed by atoms with Crippen molar-refractivity contribution in [1.29, 1.82) is 0 Å². The summed E-state index contributed by atoms with van der Waals surface area (Å²) in [6.45, 7) is 1.91. The molecule has 7 nitrogen and oxygen atoms in total. The molecule has 2 amide bonds. The fourth-order valence-corrected chi connectivity index (χ4v) is 2.56. The number of H-pyrrole nitrogens is 1. The average molecular weight is 367 g/mol. The summed E-state index contributed by atoms with van der Waals surface area (Å²) in [6.07, 6.45) is 0. The lowest BCUT2D eigenvalue weighted by atomic mass is 10.1. The van der Waals surface area contributed by atoms with Gasteiger partial charge in [0, 0.05) is 11.1 Å². The van der Waals surface area contributed by atoms with Gasteiger partial charge in [-0.15, -0.1) is 0 Å². The molecule has 3 aromatic rings. The number of aromatic nitrogens is 3. The van der Waals surface area contributed by atoms with Gasteiger partial charge in [-0.2, -0.15) is 5.10 Å². The first-order chi connectivity index (χ1) is 12.5. The number of aromatic amines is 1. The Hall–Kier alpha value is -3.26. The van der Waals surface area contributed by atoms with Gasteiger partial charge in [-0.25, -0.2) is 0 Å². The van der Waals surface area contributed by atoms with Crippen molar-refractivity contribution in [2.24, 2.45) is 0 Å². The molecule has 0 radical (unpaired) electrons. The smallest absolute Gasteiger partial charge is 0.269 e. The molecule has 132 valence electrons. The molecule has 1 heterocycles. The Morgan fingerprint density at radius 1 is 1.08 bits per heavy atom. The predicted molar refractivity (Wildman–Crippen MR) is 99.6 cm³/mol. The van der Waals surface area contributed by atoms with Gasteiger partial charge in [0.25, 0.3) is 11.8 Å². The molecule has 0 unspecified atom stereocenters. The summed E-state index contributed by atoms with van der Waals surface area (Å²) in [4.78, 5) is 24.2.